The molecule has 5 fully saturated rings. The van der Waals surface area contributed by atoms with Crippen LogP contribution >= 0.6 is 22.9 Å². The first-order valence-corrected chi connectivity index (χ1v) is 20.4. The zero-order valence-corrected chi connectivity index (χ0v) is 32.1. The van der Waals surface area contributed by atoms with Crippen LogP contribution in [-0.2, 0) is 4.79 Å². The van der Waals surface area contributed by atoms with Crippen molar-refractivity contribution in [3.8, 4) is 29.0 Å². The van der Waals surface area contributed by atoms with E-state index in [-0.39, 0.29) is 102 Å². The third kappa shape index (κ3) is 5.67. The number of alkyl halides is 1. The second kappa shape index (κ2) is 13.2. The van der Waals surface area contributed by atoms with Crippen LogP contribution in [0.3, 0.4) is 0 Å². The summed E-state index contributed by atoms with van der Waals surface area (Å²) in [5.74, 6) is -0.532. The van der Waals surface area contributed by atoms with E-state index in [4.69, 9.17) is 31.8 Å². The summed E-state index contributed by atoms with van der Waals surface area (Å²) in [6.45, 7) is 4.06. The summed E-state index contributed by atoms with van der Waals surface area (Å²) < 4.78 is 60.2. The topological polar surface area (TPSA) is 163 Å². The van der Waals surface area contributed by atoms with E-state index in [2.05, 4.69) is 15.2 Å². The number of nitrogens with two attached hydrogens (primary N) is 1. The molecule has 56 heavy (non-hydrogen) atoms. The number of thiophene rings is 1. The van der Waals surface area contributed by atoms with Crippen LogP contribution in [0, 0.1) is 34.8 Å². The number of aromatic nitrogens is 2. The molecule has 2 unspecified atom stereocenters. The SMILES string of the molecule is CC(O)C1COc2c(Cl)c(-c3ccc(F)c4sc(N)c(C#N)c34)c(F)c3nc(OC[C@@]45CCCN4C[C@H](F)C5)nc(c23)N1CC1CN(C(=O)[C@@H]2N[C@H]2C2CC2)C1. The molecule has 2 aromatic heterocycles. The van der Waals surface area contributed by atoms with Gasteiger partial charge in [-0.05, 0) is 56.7 Å². The molecule has 7 heterocycles. The van der Waals surface area contributed by atoms with Gasteiger partial charge in [-0.25, -0.2) is 13.2 Å². The number of hydrogen-bond donors (Lipinski definition) is 3. The van der Waals surface area contributed by atoms with Gasteiger partial charge >= 0.3 is 6.01 Å². The lowest BCUT2D eigenvalue weighted by atomic mass is 9.95. The van der Waals surface area contributed by atoms with Gasteiger partial charge in [0.15, 0.2) is 11.6 Å². The minimum atomic E-state index is -0.994. The monoisotopic (exact) mass is 808 g/mol. The first-order valence-electron chi connectivity index (χ1n) is 19.2. The van der Waals surface area contributed by atoms with Gasteiger partial charge in [-0.15, -0.1) is 11.3 Å². The molecule has 4 saturated heterocycles. The largest absolute Gasteiger partial charge is 0.489 e. The van der Waals surface area contributed by atoms with E-state index >= 15 is 8.78 Å². The van der Waals surface area contributed by atoms with Crippen molar-refractivity contribution < 1.29 is 32.5 Å². The summed E-state index contributed by atoms with van der Waals surface area (Å²) in [5.41, 5.74) is 5.34. The van der Waals surface area contributed by atoms with Crippen molar-refractivity contribution in [2.24, 2.45) is 11.8 Å². The standard InChI is InChI=1S/C39H40ClF3N8O4S/c1-17(52)24-15-54-33-27-31(29(43)26(28(33)40)21-5-6-23(42)34-25(21)22(10-44)35(45)56-34)47-38(55-16-39-7-2-8-50(39)14-20(41)9-39)48-36(27)51(24)13-18-11-49(12-18)37(53)32-30(46-32)19-3-4-19/h5-6,17-20,24,30,32,46,52H,2-4,7-9,11-16,45H2,1H3/t17?,20-,24?,30+,32-,39+/m1/s1. The Morgan fingerprint density at radius 3 is 2.82 bits per heavy atom. The van der Waals surface area contributed by atoms with Crippen LogP contribution in [0.5, 0.6) is 11.8 Å². The van der Waals surface area contributed by atoms with Crippen LogP contribution in [0.25, 0.3) is 32.1 Å². The number of fused-ring (bicyclic) bond motifs is 2. The average Bonchev–Trinajstić information content (AvgIpc) is 4.05. The number of hydrogen-bond acceptors (Lipinski definition) is 12. The molecule has 1 saturated carbocycles. The number of nitrogens with zero attached hydrogens (tertiary/aromatic N) is 6. The molecule has 4 aromatic rings. The third-order valence-electron chi connectivity index (χ3n) is 12.7. The lowest BCUT2D eigenvalue weighted by Gasteiger charge is -2.44. The molecule has 12 nitrogen and oxygen atoms in total. The number of nitrogens with one attached hydrogen (secondary N) is 1. The second-order valence-corrected chi connectivity index (χ2v) is 17.8. The Hall–Kier alpha value is -4.14. The molecule has 2 aromatic carbocycles. The Balaban J connectivity index is 1.09. The summed E-state index contributed by atoms with van der Waals surface area (Å²) in [5, 5.41) is 24.8. The maximum absolute atomic E-state index is 17.5. The van der Waals surface area contributed by atoms with Crippen LogP contribution < -0.4 is 25.4 Å². The van der Waals surface area contributed by atoms with E-state index in [1.807, 2.05) is 15.9 Å². The highest BCUT2D eigenvalue weighted by atomic mass is 35.5. The summed E-state index contributed by atoms with van der Waals surface area (Å²) >= 11 is 8.01. The molecular formula is C39H40ClF3N8O4S. The highest BCUT2D eigenvalue weighted by Gasteiger charge is 2.54. The van der Waals surface area contributed by atoms with Crippen molar-refractivity contribution >= 4 is 60.7 Å². The van der Waals surface area contributed by atoms with E-state index in [1.165, 1.54) is 12.1 Å². The highest BCUT2D eigenvalue weighted by Crippen LogP contribution is 2.52. The Bertz CT molecular complexity index is 2350. The van der Waals surface area contributed by atoms with Gasteiger partial charge in [0.25, 0.3) is 0 Å². The molecule has 17 heteroatoms. The Kier molecular flexibility index (Phi) is 8.54. The van der Waals surface area contributed by atoms with Gasteiger partial charge in [0, 0.05) is 55.5 Å². The first-order chi connectivity index (χ1) is 27.0. The van der Waals surface area contributed by atoms with Crippen LogP contribution in [0.4, 0.5) is 24.0 Å². The van der Waals surface area contributed by atoms with E-state index in [0.717, 1.165) is 43.6 Å². The molecule has 294 valence electrons. The fraction of sp³-hybridized carbons (Fsp3) is 0.538. The van der Waals surface area contributed by atoms with Crippen LogP contribution in [0.2, 0.25) is 5.02 Å². The number of halogens is 4. The fourth-order valence-corrected chi connectivity index (χ4v) is 10.9. The van der Waals surface area contributed by atoms with Gasteiger partial charge in [0.1, 0.15) is 53.6 Å². The lowest BCUT2D eigenvalue weighted by molar-refractivity contribution is -0.136. The van der Waals surface area contributed by atoms with Crippen LogP contribution in [-0.4, -0.2) is 113 Å². The van der Waals surface area contributed by atoms with Gasteiger partial charge in [-0.1, -0.05) is 17.7 Å². The van der Waals surface area contributed by atoms with Gasteiger partial charge in [-0.3, -0.25) is 15.0 Å². The number of carbonyl (C=O) groups excluding carboxylic acids is 1. The van der Waals surface area contributed by atoms with Crippen molar-refractivity contribution in [2.75, 3.05) is 56.6 Å². The number of amides is 1. The van der Waals surface area contributed by atoms with Gasteiger partial charge in [0.2, 0.25) is 5.91 Å². The van der Waals surface area contributed by atoms with E-state index in [9.17, 15) is 19.6 Å². The van der Waals surface area contributed by atoms with E-state index in [1.54, 1.807) is 6.92 Å². The number of likely N-dealkylation sites (tertiary alicyclic amines) is 1. The smallest absolute Gasteiger partial charge is 0.319 e. The normalized spacial score (nSPS) is 27.9. The number of ether oxygens (including phenoxy) is 2. The van der Waals surface area contributed by atoms with Crippen molar-refractivity contribution in [3.05, 3.63) is 34.4 Å². The Morgan fingerprint density at radius 2 is 2.07 bits per heavy atom. The molecular weight excluding hydrogens is 769 g/mol. The zero-order chi connectivity index (χ0) is 38.8. The van der Waals surface area contributed by atoms with Gasteiger partial charge in [0.05, 0.1) is 38.4 Å². The number of nitrogen functional groups attached to an aromatic ring is 1. The van der Waals surface area contributed by atoms with Crippen molar-refractivity contribution in [2.45, 2.75) is 75.0 Å². The molecule has 1 amide bonds. The number of carbonyl (C=O) groups is 1. The minimum absolute atomic E-state index is 0.000661. The molecule has 0 spiro atoms. The molecule has 10 rings (SSSR count). The van der Waals surface area contributed by atoms with Gasteiger partial charge in [-0.2, -0.15) is 15.2 Å². The van der Waals surface area contributed by atoms with Crippen LogP contribution in [0.15, 0.2) is 12.1 Å². The van der Waals surface area contributed by atoms with Crippen molar-refractivity contribution in [1.82, 2.24) is 25.1 Å². The summed E-state index contributed by atoms with van der Waals surface area (Å²) in [6, 6.07) is 3.85. The lowest BCUT2D eigenvalue weighted by Crippen LogP contribution is -2.58. The fourth-order valence-electron chi connectivity index (χ4n) is 9.65. The molecule has 0 bridgehead atoms. The quantitative estimate of drug-likeness (QED) is 0.195. The predicted molar refractivity (Wildman–Crippen MR) is 205 cm³/mol. The summed E-state index contributed by atoms with van der Waals surface area (Å²) in [4.78, 5) is 28.5. The molecule has 1 aliphatic carbocycles. The zero-order valence-electron chi connectivity index (χ0n) is 30.5. The summed E-state index contributed by atoms with van der Waals surface area (Å²) in [6.07, 6.45) is 2.29. The van der Waals surface area contributed by atoms with E-state index in [0.29, 0.717) is 38.5 Å². The van der Waals surface area contributed by atoms with E-state index < -0.39 is 35.5 Å². The minimum Gasteiger partial charge on any atom is -0.489 e. The molecule has 6 atom stereocenters. The van der Waals surface area contributed by atoms with Crippen molar-refractivity contribution in [3.63, 3.8) is 0 Å². The average molecular weight is 809 g/mol. The molecule has 5 aliphatic heterocycles. The number of aliphatic hydroxyl groups is 1. The number of rotatable bonds is 9. The number of anilines is 2. The number of aliphatic hydroxyl groups excluding tert-OH is 1. The highest BCUT2D eigenvalue weighted by molar-refractivity contribution is 7.23. The second-order valence-electron chi connectivity index (χ2n) is 16.4. The Morgan fingerprint density at radius 1 is 1.27 bits per heavy atom. The number of nitriles is 1. The molecule has 6 aliphatic rings. The van der Waals surface area contributed by atoms with Crippen molar-refractivity contribution in [1.29, 1.82) is 5.26 Å². The predicted octanol–water partition coefficient (Wildman–Crippen LogP) is 5.01. The maximum Gasteiger partial charge on any atom is 0.319 e. The Labute approximate surface area is 329 Å². The van der Waals surface area contributed by atoms with Crippen LogP contribution in [0.1, 0.15) is 44.6 Å². The first kappa shape index (κ1) is 36.2. The molecule has 4 N–H and O–H groups in total. The maximum atomic E-state index is 17.5. The third-order valence-corrected chi connectivity index (χ3v) is 14.1. The summed E-state index contributed by atoms with van der Waals surface area (Å²) in [7, 11) is 0. The van der Waals surface area contributed by atoms with Gasteiger partial charge < -0.3 is 30.1 Å². The number of benzene rings is 2. The molecule has 0 radical (unpaired) electrons.